The van der Waals surface area contributed by atoms with Crippen LogP contribution in [0.4, 0.5) is 8.78 Å². The van der Waals surface area contributed by atoms with E-state index in [9.17, 15) is 28.3 Å². The van der Waals surface area contributed by atoms with Gasteiger partial charge in [-0.1, -0.05) is 13.0 Å². The fraction of sp³-hybridized carbons (Fsp3) is 0.381. The number of hydrogen-bond donors (Lipinski definition) is 2. The highest BCUT2D eigenvalue weighted by atomic mass is 19.1. The second-order valence-corrected chi connectivity index (χ2v) is 7.87. The van der Waals surface area contributed by atoms with Gasteiger partial charge in [0.1, 0.15) is 23.4 Å². The Hall–Kier alpha value is -3.43. The fourth-order valence-corrected chi connectivity index (χ4v) is 4.23. The van der Waals surface area contributed by atoms with E-state index in [1.807, 2.05) is 18.9 Å². The van der Waals surface area contributed by atoms with Crippen molar-refractivity contribution in [2.24, 2.45) is 5.92 Å². The summed E-state index contributed by atoms with van der Waals surface area (Å²) in [6.07, 6.45) is 1.71. The van der Waals surface area contributed by atoms with Gasteiger partial charge in [-0.2, -0.15) is 0 Å². The molecule has 2 amide bonds. The highest BCUT2D eigenvalue weighted by Gasteiger charge is 2.44. The maximum atomic E-state index is 13.8. The average molecular weight is 432 g/mol. The summed E-state index contributed by atoms with van der Waals surface area (Å²) in [6, 6.07) is 2.95. The molecule has 0 radical (unpaired) electrons. The van der Waals surface area contributed by atoms with E-state index in [1.165, 1.54) is 16.9 Å². The summed E-state index contributed by atoms with van der Waals surface area (Å²) in [5, 5.41) is 14.8. The first-order valence-corrected chi connectivity index (χ1v) is 10.0. The molecular weight excluding hydrogens is 410 g/mol. The van der Waals surface area contributed by atoms with Crippen molar-refractivity contribution in [3.63, 3.8) is 0 Å². The van der Waals surface area contributed by atoms with Crippen molar-refractivity contribution in [3.8, 4) is 5.75 Å². The molecule has 2 atom stereocenters. The largest absolute Gasteiger partial charge is 0.502 e. The predicted octanol–water partition coefficient (Wildman–Crippen LogP) is 1.54. The molecule has 2 N–H and O–H groups in total. The highest BCUT2D eigenvalue weighted by molar-refractivity contribution is 5.99. The lowest BCUT2D eigenvalue weighted by atomic mass is 10.1. The first-order chi connectivity index (χ1) is 14.7. The summed E-state index contributed by atoms with van der Waals surface area (Å²) in [6.45, 7) is 4.56. The van der Waals surface area contributed by atoms with Crippen molar-refractivity contribution < 1.29 is 23.5 Å². The van der Waals surface area contributed by atoms with Crippen LogP contribution in [0.15, 0.2) is 29.2 Å². The van der Waals surface area contributed by atoms with Crippen LogP contribution < -0.4 is 15.8 Å². The third kappa shape index (κ3) is 3.41. The van der Waals surface area contributed by atoms with Crippen molar-refractivity contribution in [2.75, 3.05) is 18.1 Å². The Kier molecular flexibility index (Phi) is 5.16. The molecule has 2 aliphatic heterocycles. The number of halogens is 2. The molecule has 2 aliphatic rings. The molecule has 4 rings (SSSR count). The molecule has 3 heterocycles. The van der Waals surface area contributed by atoms with Crippen LogP contribution in [-0.2, 0) is 6.54 Å². The molecule has 1 aromatic carbocycles. The number of pyridine rings is 1. The highest BCUT2D eigenvalue weighted by Crippen LogP contribution is 2.32. The lowest BCUT2D eigenvalue weighted by Crippen LogP contribution is -2.58. The molecule has 164 valence electrons. The molecule has 2 aromatic rings. The maximum Gasteiger partial charge on any atom is 0.278 e. The number of benzene rings is 1. The molecular formula is C21H22F2N4O4. The van der Waals surface area contributed by atoms with Crippen molar-refractivity contribution in [1.82, 2.24) is 14.9 Å². The van der Waals surface area contributed by atoms with Crippen molar-refractivity contribution in [1.29, 1.82) is 0 Å². The molecule has 1 fully saturated rings. The van der Waals surface area contributed by atoms with Gasteiger partial charge in [0.25, 0.3) is 11.8 Å². The van der Waals surface area contributed by atoms with Gasteiger partial charge in [-0.05, 0) is 25.3 Å². The van der Waals surface area contributed by atoms with Crippen molar-refractivity contribution in [2.45, 2.75) is 33.0 Å². The number of hydrogen-bond acceptors (Lipinski definition) is 5. The SMILES string of the molecule is CCN1C(=O)c2c(O)c(=O)c(C(=O)NCc3ccc(F)cc3F)cn2N2C[C@H](C)C[C@@H]12. The van der Waals surface area contributed by atoms with Gasteiger partial charge in [0.15, 0.2) is 11.4 Å². The van der Waals surface area contributed by atoms with Gasteiger partial charge in [-0.25, -0.2) is 8.78 Å². The van der Waals surface area contributed by atoms with Crippen LogP contribution in [0.5, 0.6) is 5.75 Å². The number of aromatic nitrogens is 1. The Balaban J connectivity index is 1.69. The summed E-state index contributed by atoms with van der Waals surface area (Å²) in [5.74, 6) is -3.43. The molecule has 1 saturated heterocycles. The summed E-state index contributed by atoms with van der Waals surface area (Å²) >= 11 is 0. The van der Waals surface area contributed by atoms with Crippen LogP contribution in [-0.4, -0.2) is 45.8 Å². The van der Waals surface area contributed by atoms with Crippen LogP contribution in [0.2, 0.25) is 0 Å². The molecule has 31 heavy (non-hydrogen) atoms. The smallest absolute Gasteiger partial charge is 0.278 e. The van der Waals surface area contributed by atoms with E-state index in [4.69, 9.17) is 0 Å². The summed E-state index contributed by atoms with van der Waals surface area (Å²) in [4.78, 5) is 39.9. The van der Waals surface area contributed by atoms with Crippen LogP contribution in [0, 0.1) is 17.6 Å². The normalized spacial score (nSPS) is 19.9. The number of nitrogens with one attached hydrogen (secondary N) is 1. The Morgan fingerprint density at radius 3 is 2.71 bits per heavy atom. The Morgan fingerprint density at radius 2 is 2.03 bits per heavy atom. The van der Waals surface area contributed by atoms with Gasteiger partial charge in [0.2, 0.25) is 5.43 Å². The lowest BCUT2D eigenvalue weighted by molar-refractivity contribution is 0.0604. The molecule has 0 saturated carbocycles. The van der Waals surface area contributed by atoms with Gasteiger partial charge < -0.3 is 15.3 Å². The van der Waals surface area contributed by atoms with Crippen LogP contribution in [0.1, 0.15) is 46.7 Å². The number of rotatable bonds is 4. The molecule has 8 nitrogen and oxygen atoms in total. The minimum atomic E-state index is -0.988. The molecule has 1 aromatic heterocycles. The zero-order valence-corrected chi connectivity index (χ0v) is 17.1. The number of carbonyl (C=O) groups is 2. The third-order valence-electron chi connectivity index (χ3n) is 5.76. The third-order valence-corrected chi connectivity index (χ3v) is 5.76. The Morgan fingerprint density at radius 1 is 1.29 bits per heavy atom. The maximum absolute atomic E-state index is 13.8. The van der Waals surface area contributed by atoms with Gasteiger partial charge in [-0.3, -0.25) is 24.1 Å². The van der Waals surface area contributed by atoms with E-state index in [0.29, 0.717) is 19.2 Å². The minimum Gasteiger partial charge on any atom is -0.502 e. The standard InChI is InChI=1S/C21H22F2N4O4/c1-3-25-16-6-11(2)9-26(16)27-10-14(18(28)19(29)17(27)21(25)31)20(30)24-8-12-4-5-13(22)7-15(12)23/h4-5,7,10-11,16,29H,3,6,8-9H2,1-2H3,(H,24,30)/t11-,16+/m1/s1. The van der Waals surface area contributed by atoms with Gasteiger partial charge in [0, 0.05) is 37.5 Å². The number of amides is 2. The molecule has 0 spiro atoms. The quantitative estimate of drug-likeness (QED) is 0.765. The summed E-state index contributed by atoms with van der Waals surface area (Å²) < 4.78 is 28.3. The van der Waals surface area contributed by atoms with Crippen molar-refractivity contribution >= 4 is 11.8 Å². The monoisotopic (exact) mass is 432 g/mol. The minimum absolute atomic E-state index is 0.0410. The molecule has 10 heteroatoms. The zero-order valence-electron chi connectivity index (χ0n) is 17.1. The first-order valence-electron chi connectivity index (χ1n) is 10.0. The van der Waals surface area contributed by atoms with Gasteiger partial charge in [-0.15, -0.1) is 0 Å². The first kappa shape index (κ1) is 20.8. The number of carbonyl (C=O) groups excluding carboxylic acids is 2. The molecule has 0 bridgehead atoms. The Labute approximate surface area is 176 Å². The summed E-state index contributed by atoms with van der Waals surface area (Å²) in [7, 11) is 0. The topological polar surface area (TPSA) is 94.9 Å². The van der Waals surface area contributed by atoms with Crippen LogP contribution >= 0.6 is 0 Å². The second-order valence-electron chi connectivity index (χ2n) is 7.87. The molecule has 0 unspecified atom stereocenters. The predicted molar refractivity (Wildman–Crippen MR) is 107 cm³/mol. The van der Waals surface area contributed by atoms with E-state index in [-0.39, 0.29) is 35.4 Å². The van der Waals surface area contributed by atoms with Crippen LogP contribution in [0.3, 0.4) is 0 Å². The van der Waals surface area contributed by atoms with Crippen LogP contribution in [0.25, 0.3) is 0 Å². The zero-order chi connectivity index (χ0) is 22.4. The van der Waals surface area contributed by atoms with Gasteiger partial charge >= 0.3 is 0 Å². The van der Waals surface area contributed by atoms with E-state index < -0.39 is 34.6 Å². The number of fused-ring (bicyclic) bond motifs is 3. The average Bonchev–Trinajstić information content (AvgIpc) is 3.10. The van der Waals surface area contributed by atoms with E-state index in [0.717, 1.165) is 12.5 Å². The number of aromatic hydroxyl groups is 1. The van der Waals surface area contributed by atoms with Crippen molar-refractivity contribution in [3.05, 3.63) is 63.1 Å². The second kappa shape index (κ2) is 7.68. The fourth-order valence-electron chi connectivity index (χ4n) is 4.23. The van der Waals surface area contributed by atoms with Gasteiger partial charge in [0.05, 0.1) is 0 Å². The lowest BCUT2D eigenvalue weighted by Gasteiger charge is -2.42. The number of nitrogens with zero attached hydrogens (tertiary/aromatic N) is 3. The summed E-state index contributed by atoms with van der Waals surface area (Å²) in [5.41, 5.74) is -1.50. The van der Waals surface area contributed by atoms with E-state index in [1.54, 1.807) is 4.90 Å². The van der Waals surface area contributed by atoms with E-state index >= 15 is 0 Å². The molecule has 0 aliphatic carbocycles. The van der Waals surface area contributed by atoms with E-state index in [2.05, 4.69) is 5.32 Å². The Bertz CT molecular complexity index is 1130.